The molecule has 0 aromatic heterocycles. The van der Waals surface area contributed by atoms with E-state index in [0.29, 0.717) is 11.6 Å². The van der Waals surface area contributed by atoms with Crippen LogP contribution in [0.15, 0.2) is 18.2 Å². The van der Waals surface area contributed by atoms with E-state index in [2.05, 4.69) is 35.7 Å². The van der Waals surface area contributed by atoms with Gasteiger partial charge in [0.1, 0.15) is 12.4 Å². The van der Waals surface area contributed by atoms with Crippen molar-refractivity contribution in [3.63, 3.8) is 0 Å². The molecule has 1 aromatic carbocycles. The normalized spacial score (nSPS) is 18.8. The highest BCUT2D eigenvalue weighted by atomic mass is 19.1. The number of hydrogen-bond acceptors (Lipinski definition) is 3. The summed E-state index contributed by atoms with van der Waals surface area (Å²) >= 11 is 0. The van der Waals surface area contributed by atoms with Crippen LogP contribution < -0.4 is 0 Å². The number of aliphatic hydroxyl groups excluding tert-OH is 1. The van der Waals surface area contributed by atoms with E-state index in [1.807, 2.05) is 0 Å². The first-order chi connectivity index (χ1) is 10.1. The van der Waals surface area contributed by atoms with Gasteiger partial charge in [0, 0.05) is 19.1 Å². The number of halogens is 1. The third kappa shape index (κ3) is 4.53. The first kappa shape index (κ1) is 16.0. The molecule has 1 aliphatic rings. The maximum absolute atomic E-state index is 13.6. The molecule has 3 nitrogen and oxygen atoms in total. The Hall–Kier alpha value is -1.41. The summed E-state index contributed by atoms with van der Waals surface area (Å²) in [5, 5.41) is 8.71. The second-order valence-electron chi connectivity index (χ2n) is 5.75. The number of aliphatic hydroxyl groups is 1. The number of rotatable bonds is 4. The molecule has 1 N–H and O–H groups in total. The Bertz CT molecular complexity index is 535. The lowest BCUT2D eigenvalue weighted by Gasteiger charge is -2.25. The van der Waals surface area contributed by atoms with Crippen LogP contribution >= 0.6 is 0 Å². The molecule has 2 rings (SSSR count). The minimum absolute atomic E-state index is 0.252. The summed E-state index contributed by atoms with van der Waals surface area (Å²) in [5.41, 5.74) is 1.40. The minimum atomic E-state index is -0.335. The predicted molar refractivity (Wildman–Crippen MR) is 82.3 cm³/mol. The number of benzene rings is 1. The number of likely N-dealkylation sites (N-methyl/N-ethyl adjacent to an activating group) is 2. The van der Waals surface area contributed by atoms with E-state index >= 15 is 0 Å². The molecular formula is C17H23FN2O. The molecule has 4 heteroatoms. The van der Waals surface area contributed by atoms with Crippen LogP contribution in [0.4, 0.5) is 4.39 Å². The minimum Gasteiger partial charge on any atom is -0.384 e. The van der Waals surface area contributed by atoms with E-state index in [0.717, 1.165) is 18.7 Å². The zero-order chi connectivity index (χ0) is 15.2. The lowest BCUT2D eigenvalue weighted by molar-refractivity contribution is 0.215. The molecule has 21 heavy (non-hydrogen) atoms. The van der Waals surface area contributed by atoms with Gasteiger partial charge >= 0.3 is 0 Å². The van der Waals surface area contributed by atoms with Crippen molar-refractivity contribution >= 4 is 0 Å². The van der Waals surface area contributed by atoms with Crippen LogP contribution in [0.5, 0.6) is 0 Å². The Morgan fingerprint density at radius 3 is 2.95 bits per heavy atom. The van der Waals surface area contributed by atoms with Crippen LogP contribution in [0.1, 0.15) is 24.0 Å². The van der Waals surface area contributed by atoms with Crippen LogP contribution in [-0.4, -0.2) is 54.7 Å². The lowest BCUT2D eigenvalue weighted by Crippen LogP contribution is -2.36. The Morgan fingerprint density at radius 2 is 2.29 bits per heavy atom. The van der Waals surface area contributed by atoms with E-state index in [-0.39, 0.29) is 12.4 Å². The first-order valence-corrected chi connectivity index (χ1v) is 7.37. The van der Waals surface area contributed by atoms with Crippen LogP contribution in [0.2, 0.25) is 0 Å². The molecule has 1 saturated heterocycles. The van der Waals surface area contributed by atoms with Crippen molar-refractivity contribution in [1.82, 2.24) is 9.80 Å². The van der Waals surface area contributed by atoms with E-state index in [9.17, 15) is 4.39 Å². The largest absolute Gasteiger partial charge is 0.384 e. The van der Waals surface area contributed by atoms with E-state index in [4.69, 9.17) is 5.11 Å². The molecule has 1 heterocycles. The zero-order valence-corrected chi connectivity index (χ0v) is 12.8. The number of hydrogen-bond donors (Lipinski definition) is 1. The quantitative estimate of drug-likeness (QED) is 0.855. The van der Waals surface area contributed by atoms with Crippen molar-refractivity contribution in [2.24, 2.45) is 0 Å². The highest BCUT2D eigenvalue weighted by Crippen LogP contribution is 2.17. The Labute approximate surface area is 126 Å². The van der Waals surface area contributed by atoms with Gasteiger partial charge in [-0.15, -0.1) is 0 Å². The van der Waals surface area contributed by atoms with Crippen molar-refractivity contribution in [2.75, 3.05) is 33.8 Å². The van der Waals surface area contributed by atoms with E-state index in [1.54, 1.807) is 12.1 Å². The smallest absolute Gasteiger partial charge is 0.138 e. The molecule has 0 spiro atoms. The summed E-state index contributed by atoms with van der Waals surface area (Å²) in [5.74, 6) is 4.82. The highest BCUT2D eigenvalue weighted by molar-refractivity contribution is 5.38. The molecule has 1 aliphatic heterocycles. The molecule has 0 radical (unpaired) electrons. The molecule has 0 amide bonds. The maximum Gasteiger partial charge on any atom is 0.138 e. The standard InChI is InChI=1S/C17H23FN2O/c1-19(13-16-6-3-9-20(16)2)12-14-7-8-17(18)15(11-14)5-4-10-21/h7-8,11,16,21H,3,6,9-10,12-13H2,1-2H3. The van der Waals surface area contributed by atoms with Crippen LogP contribution in [0.3, 0.4) is 0 Å². The monoisotopic (exact) mass is 290 g/mol. The van der Waals surface area contributed by atoms with Crippen molar-refractivity contribution < 1.29 is 9.50 Å². The summed E-state index contributed by atoms with van der Waals surface area (Å²) < 4.78 is 13.6. The van der Waals surface area contributed by atoms with Gasteiger partial charge in [-0.25, -0.2) is 4.39 Å². The molecule has 1 atom stereocenters. The molecule has 0 saturated carbocycles. The average molecular weight is 290 g/mol. The molecular weight excluding hydrogens is 267 g/mol. The topological polar surface area (TPSA) is 26.7 Å². The van der Waals surface area contributed by atoms with Gasteiger partial charge in [-0.3, -0.25) is 0 Å². The Balaban J connectivity index is 1.98. The van der Waals surface area contributed by atoms with Crippen LogP contribution in [0, 0.1) is 17.7 Å². The van der Waals surface area contributed by atoms with Gasteiger partial charge < -0.3 is 14.9 Å². The lowest BCUT2D eigenvalue weighted by atomic mass is 10.1. The third-order valence-electron chi connectivity index (χ3n) is 3.98. The summed E-state index contributed by atoms with van der Waals surface area (Å²) in [6, 6.07) is 5.64. The van der Waals surface area contributed by atoms with E-state index < -0.39 is 0 Å². The molecule has 114 valence electrons. The van der Waals surface area contributed by atoms with Crippen molar-refractivity contribution in [2.45, 2.75) is 25.4 Å². The van der Waals surface area contributed by atoms with Crippen molar-refractivity contribution in [3.05, 3.63) is 35.1 Å². The maximum atomic E-state index is 13.6. The Morgan fingerprint density at radius 1 is 1.48 bits per heavy atom. The molecule has 1 unspecified atom stereocenters. The molecule has 1 aromatic rings. The summed E-state index contributed by atoms with van der Waals surface area (Å²) in [6.07, 6.45) is 2.52. The van der Waals surface area contributed by atoms with Gasteiger partial charge in [0.05, 0.1) is 5.56 Å². The van der Waals surface area contributed by atoms with Crippen molar-refractivity contribution in [1.29, 1.82) is 0 Å². The highest BCUT2D eigenvalue weighted by Gasteiger charge is 2.21. The zero-order valence-electron chi connectivity index (χ0n) is 12.8. The fraction of sp³-hybridized carbons (Fsp3) is 0.529. The van der Waals surface area contributed by atoms with Gasteiger partial charge in [-0.1, -0.05) is 17.9 Å². The van der Waals surface area contributed by atoms with Gasteiger partial charge in [0.2, 0.25) is 0 Å². The number of likely N-dealkylation sites (tertiary alicyclic amines) is 1. The summed E-state index contributed by atoms with van der Waals surface area (Å²) in [7, 11) is 4.26. The average Bonchev–Trinajstić information content (AvgIpc) is 2.85. The summed E-state index contributed by atoms with van der Waals surface area (Å²) in [4.78, 5) is 4.67. The van der Waals surface area contributed by atoms with E-state index in [1.165, 1.54) is 25.5 Å². The van der Waals surface area contributed by atoms with Gasteiger partial charge in [-0.05, 0) is 51.2 Å². The first-order valence-electron chi connectivity index (χ1n) is 7.37. The van der Waals surface area contributed by atoms with Crippen molar-refractivity contribution in [3.8, 4) is 11.8 Å². The van der Waals surface area contributed by atoms with Gasteiger partial charge in [0.15, 0.2) is 0 Å². The predicted octanol–water partition coefficient (Wildman–Crippen LogP) is 1.70. The van der Waals surface area contributed by atoms with Crippen LogP contribution in [0.25, 0.3) is 0 Å². The second-order valence-corrected chi connectivity index (χ2v) is 5.75. The number of nitrogens with zero attached hydrogens (tertiary/aromatic N) is 2. The van der Waals surface area contributed by atoms with Gasteiger partial charge in [0.25, 0.3) is 0 Å². The second kappa shape index (κ2) is 7.56. The summed E-state index contributed by atoms with van der Waals surface area (Å²) in [6.45, 7) is 2.72. The SMILES string of the molecule is CN(Cc1ccc(F)c(C#CCO)c1)CC1CCCN1C. The fourth-order valence-corrected chi connectivity index (χ4v) is 2.85. The fourth-order valence-electron chi connectivity index (χ4n) is 2.85. The Kier molecular flexibility index (Phi) is 5.75. The third-order valence-corrected chi connectivity index (χ3v) is 3.98. The molecule has 0 aliphatic carbocycles. The molecule has 0 bridgehead atoms. The molecule has 1 fully saturated rings. The van der Waals surface area contributed by atoms with Crippen LogP contribution in [-0.2, 0) is 6.54 Å². The van der Waals surface area contributed by atoms with Gasteiger partial charge in [-0.2, -0.15) is 0 Å².